The zero-order chi connectivity index (χ0) is 16.3. The molecule has 22 heavy (non-hydrogen) atoms. The number of nitrogens with one attached hydrogen (secondary N) is 1. The molecule has 0 saturated heterocycles. The first-order chi connectivity index (χ1) is 10.3. The summed E-state index contributed by atoms with van der Waals surface area (Å²) in [6, 6.07) is 6.55. The summed E-state index contributed by atoms with van der Waals surface area (Å²) in [4.78, 5) is 4.61. The summed E-state index contributed by atoms with van der Waals surface area (Å²) in [7, 11) is -3.13. The zero-order valence-corrected chi connectivity index (χ0v) is 14.6. The molecule has 0 amide bonds. The molecule has 0 unspecified atom stereocenters. The lowest BCUT2D eigenvalue weighted by molar-refractivity contribution is 0.580. The number of fused-ring (bicyclic) bond motifs is 1. The van der Waals surface area contributed by atoms with Gasteiger partial charge in [0.15, 0.2) is 0 Å². The van der Waals surface area contributed by atoms with Gasteiger partial charge < -0.3 is 4.57 Å². The van der Waals surface area contributed by atoms with Crippen LogP contribution in [-0.2, 0) is 16.4 Å². The van der Waals surface area contributed by atoms with E-state index in [9.17, 15) is 8.42 Å². The molecule has 2 aromatic rings. The predicted octanol–water partition coefficient (Wildman–Crippen LogP) is 2.80. The lowest BCUT2D eigenvalue weighted by Crippen LogP contribution is -2.28. The van der Waals surface area contributed by atoms with E-state index in [1.807, 2.05) is 13.8 Å². The van der Waals surface area contributed by atoms with Crippen LogP contribution in [0.2, 0.25) is 0 Å². The smallest absolute Gasteiger partial charge is 0.211 e. The number of aromatic nitrogens is 2. The third-order valence-corrected chi connectivity index (χ3v) is 5.24. The Balaban J connectivity index is 2.11. The third-order valence-electron chi connectivity index (χ3n) is 3.66. The molecule has 1 heterocycles. The van der Waals surface area contributed by atoms with Crippen molar-refractivity contribution in [2.24, 2.45) is 0 Å². The molecule has 0 bridgehead atoms. The van der Waals surface area contributed by atoms with Crippen molar-refractivity contribution in [3.63, 3.8) is 0 Å². The van der Waals surface area contributed by atoms with Crippen LogP contribution in [0.5, 0.6) is 0 Å². The minimum Gasteiger partial charge on any atom is -0.326 e. The van der Waals surface area contributed by atoms with E-state index in [-0.39, 0.29) is 5.75 Å². The molecule has 0 radical (unpaired) electrons. The predicted molar refractivity (Wildman–Crippen MR) is 90.6 cm³/mol. The largest absolute Gasteiger partial charge is 0.326 e. The number of hydrogen-bond donors (Lipinski definition) is 1. The average molecular weight is 323 g/mol. The number of hydrogen-bond acceptors (Lipinski definition) is 3. The molecule has 0 aliphatic carbocycles. The van der Waals surface area contributed by atoms with E-state index in [1.54, 1.807) is 0 Å². The average Bonchev–Trinajstić information content (AvgIpc) is 2.73. The summed E-state index contributed by atoms with van der Waals surface area (Å²) in [5.74, 6) is 1.19. The third kappa shape index (κ3) is 3.87. The highest BCUT2D eigenvalue weighted by Crippen LogP contribution is 2.21. The lowest BCUT2D eigenvalue weighted by Gasteiger charge is -2.11. The second-order valence-electron chi connectivity index (χ2n) is 5.91. The maximum absolute atomic E-state index is 11.6. The number of nitrogens with zero attached hydrogens (tertiary/aromatic N) is 2. The van der Waals surface area contributed by atoms with Gasteiger partial charge in [-0.2, -0.15) is 0 Å². The van der Waals surface area contributed by atoms with E-state index in [0.29, 0.717) is 25.4 Å². The lowest BCUT2D eigenvalue weighted by atomic mass is 10.1. The fourth-order valence-corrected chi connectivity index (χ4v) is 3.86. The van der Waals surface area contributed by atoms with Crippen molar-refractivity contribution in [2.45, 2.75) is 46.6 Å². The Bertz CT molecular complexity index is 748. The van der Waals surface area contributed by atoms with Gasteiger partial charge in [-0.25, -0.2) is 18.1 Å². The number of benzene rings is 1. The van der Waals surface area contributed by atoms with Crippen LogP contribution in [0.4, 0.5) is 0 Å². The summed E-state index contributed by atoms with van der Waals surface area (Å²) >= 11 is 0. The van der Waals surface area contributed by atoms with Crippen LogP contribution in [0.1, 0.15) is 44.6 Å². The molecule has 2 rings (SSSR count). The van der Waals surface area contributed by atoms with E-state index in [4.69, 9.17) is 0 Å². The second kappa shape index (κ2) is 6.79. The van der Waals surface area contributed by atoms with E-state index in [2.05, 4.69) is 46.3 Å². The second-order valence-corrected chi connectivity index (χ2v) is 7.84. The van der Waals surface area contributed by atoms with Gasteiger partial charge in [0.25, 0.3) is 0 Å². The molecular formula is C16H25N3O2S. The van der Waals surface area contributed by atoms with Crippen molar-refractivity contribution in [1.82, 2.24) is 14.3 Å². The Kier molecular flexibility index (Phi) is 5.24. The highest BCUT2D eigenvalue weighted by molar-refractivity contribution is 7.89. The molecule has 0 aliphatic rings. The Hall–Kier alpha value is -1.40. The van der Waals surface area contributed by atoms with Gasteiger partial charge in [0.2, 0.25) is 10.0 Å². The molecule has 0 aliphatic heterocycles. The van der Waals surface area contributed by atoms with Crippen LogP contribution in [0.3, 0.4) is 0 Å². The zero-order valence-electron chi connectivity index (χ0n) is 13.8. The quantitative estimate of drug-likeness (QED) is 0.852. The molecule has 1 N–H and O–H groups in total. The Morgan fingerprint density at radius 3 is 2.68 bits per heavy atom. The molecule has 122 valence electrons. The first-order valence-corrected chi connectivity index (χ1v) is 9.44. The normalized spacial score (nSPS) is 12.4. The van der Waals surface area contributed by atoms with Crippen molar-refractivity contribution in [2.75, 3.05) is 12.3 Å². The minimum absolute atomic E-state index is 0.185. The number of sulfonamides is 1. The molecule has 0 saturated carbocycles. The summed E-state index contributed by atoms with van der Waals surface area (Å²) in [5.41, 5.74) is 3.20. The highest BCUT2D eigenvalue weighted by Gasteiger charge is 2.11. The molecule has 0 atom stereocenters. The Morgan fingerprint density at radius 1 is 1.32 bits per heavy atom. The standard InChI is InChI=1S/C16H25N3O2S/c1-5-10-22(20,21)17-9-8-14-6-7-16-15(11-14)18-13(4)19(16)12(2)3/h6-7,11-12,17H,5,8-10H2,1-4H3. The van der Waals surface area contributed by atoms with Crippen molar-refractivity contribution in [1.29, 1.82) is 0 Å². The van der Waals surface area contributed by atoms with Gasteiger partial charge in [-0.05, 0) is 51.3 Å². The van der Waals surface area contributed by atoms with E-state index in [0.717, 1.165) is 22.4 Å². The molecular weight excluding hydrogens is 298 g/mol. The Labute approximate surface area is 132 Å². The maximum Gasteiger partial charge on any atom is 0.211 e. The van der Waals surface area contributed by atoms with Crippen LogP contribution in [0.15, 0.2) is 18.2 Å². The number of rotatable bonds is 7. The molecule has 5 nitrogen and oxygen atoms in total. The van der Waals surface area contributed by atoms with Gasteiger partial charge in [0, 0.05) is 12.6 Å². The van der Waals surface area contributed by atoms with E-state index >= 15 is 0 Å². The molecule has 0 spiro atoms. The fourth-order valence-electron chi connectivity index (χ4n) is 2.76. The fraction of sp³-hybridized carbons (Fsp3) is 0.562. The maximum atomic E-state index is 11.6. The van der Waals surface area contributed by atoms with Gasteiger partial charge in [0.05, 0.1) is 16.8 Å². The van der Waals surface area contributed by atoms with Crippen LogP contribution in [-0.4, -0.2) is 30.3 Å². The molecule has 1 aromatic heterocycles. The van der Waals surface area contributed by atoms with Gasteiger partial charge in [0.1, 0.15) is 5.82 Å². The molecule has 6 heteroatoms. The van der Waals surface area contributed by atoms with Gasteiger partial charge in [-0.3, -0.25) is 0 Å². The Morgan fingerprint density at radius 2 is 2.05 bits per heavy atom. The topological polar surface area (TPSA) is 64.0 Å². The van der Waals surface area contributed by atoms with Crippen LogP contribution < -0.4 is 4.72 Å². The molecule has 0 fully saturated rings. The monoisotopic (exact) mass is 323 g/mol. The number of imidazole rings is 1. The van der Waals surface area contributed by atoms with Gasteiger partial charge in [-0.15, -0.1) is 0 Å². The highest BCUT2D eigenvalue weighted by atomic mass is 32.2. The minimum atomic E-state index is -3.13. The van der Waals surface area contributed by atoms with Gasteiger partial charge >= 0.3 is 0 Å². The first-order valence-electron chi connectivity index (χ1n) is 7.79. The first kappa shape index (κ1) is 17.0. The summed E-state index contributed by atoms with van der Waals surface area (Å²) < 4.78 is 28.1. The SMILES string of the molecule is CCCS(=O)(=O)NCCc1ccc2c(c1)nc(C)n2C(C)C. The van der Waals surface area contributed by atoms with Crippen molar-refractivity contribution < 1.29 is 8.42 Å². The van der Waals surface area contributed by atoms with E-state index < -0.39 is 10.0 Å². The van der Waals surface area contributed by atoms with Crippen molar-refractivity contribution in [3.8, 4) is 0 Å². The van der Waals surface area contributed by atoms with Crippen LogP contribution in [0, 0.1) is 6.92 Å². The van der Waals surface area contributed by atoms with Gasteiger partial charge in [-0.1, -0.05) is 13.0 Å². The summed E-state index contributed by atoms with van der Waals surface area (Å²) in [6.07, 6.45) is 1.31. The van der Waals surface area contributed by atoms with Crippen LogP contribution in [0.25, 0.3) is 11.0 Å². The molecule has 1 aromatic carbocycles. The van der Waals surface area contributed by atoms with Crippen molar-refractivity contribution in [3.05, 3.63) is 29.6 Å². The summed E-state index contributed by atoms with van der Waals surface area (Å²) in [5, 5.41) is 0. The van der Waals surface area contributed by atoms with Crippen molar-refractivity contribution >= 4 is 21.1 Å². The summed E-state index contributed by atoms with van der Waals surface area (Å²) in [6.45, 7) is 8.59. The number of aryl methyl sites for hydroxylation is 1. The van der Waals surface area contributed by atoms with Crippen LogP contribution >= 0.6 is 0 Å². The van der Waals surface area contributed by atoms with E-state index in [1.165, 1.54) is 0 Å².